The van der Waals surface area contributed by atoms with Gasteiger partial charge in [0, 0.05) is 20.6 Å². The van der Waals surface area contributed by atoms with Gasteiger partial charge in [0.15, 0.2) is 5.78 Å². The molecule has 120 valence electrons. The van der Waals surface area contributed by atoms with Crippen LogP contribution in [-0.4, -0.2) is 5.78 Å². The lowest BCUT2D eigenvalue weighted by molar-refractivity contribution is 0.104. The topological polar surface area (TPSA) is 30.2 Å². The van der Waals surface area contributed by atoms with E-state index in [9.17, 15) is 4.79 Å². The number of rotatable bonds is 4. The van der Waals surface area contributed by atoms with Crippen molar-refractivity contribution >= 4 is 51.0 Å². The molecule has 0 saturated carbocycles. The van der Waals surface area contributed by atoms with Crippen LogP contribution in [-0.2, 0) is 0 Å². The van der Waals surface area contributed by atoms with E-state index in [1.165, 1.54) is 6.08 Å². The molecule has 0 aliphatic carbocycles. The minimum absolute atomic E-state index is 0.0926. The molecule has 1 heterocycles. The zero-order valence-corrected chi connectivity index (χ0v) is 15.4. The van der Waals surface area contributed by atoms with Crippen LogP contribution in [0.15, 0.2) is 69.6 Å². The van der Waals surface area contributed by atoms with Crippen molar-refractivity contribution in [1.82, 2.24) is 0 Å². The van der Waals surface area contributed by atoms with Gasteiger partial charge in [-0.15, -0.1) is 0 Å². The first-order valence-corrected chi connectivity index (χ1v) is 8.61. The summed E-state index contributed by atoms with van der Waals surface area (Å²) in [5.41, 5.74) is 1.36. The van der Waals surface area contributed by atoms with Gasteiger partial charge in [-0.3, -0.25) is 4.79 Å². The largest absolute Gasteiger partial charge is 0.457 e. The van der Waals surface area contributed by atoms with Gasteiger partial charge in [-0.1, -0.05) is 39.1 Å². The standard InChI is InChI=1S/C19H11BrCl2O2/c20-13-3-1-12(2-4-13)18(23)9-6-15-7-10-19(24-15)16-8-5-14(21)11-17(16)22/h1-11H. The van der Waals surface area contributed by atoms with Gasteiger partial charge in [-0.05, 0) is 66.7 Å². The van der Waals surface area contributed by atoms with Crippen LogP contribution >= 0.6 is 39.1 Å². The summed E-state index contributed by atoms with van der Waals surface area (Å²) in [6.07, 6.45) is 3.12. The highest BCUT2D eigenvalue weighted by Gasteiger charge is 2.08. The van der Waals surface area contributed by atoms with Crippen molar-refractivity contribution in [3.63, 3.8) is 0 Å². The summed E-state index contributed by atoms with van der Waals surface area (Å²) in [5.74, 6) is 1.10. The Kier molecular flexibility index (Phi) is 5.24. The Balaban J connectivity index is 1.78. The number of carbonyl (C=O) groups is 1. The summed E-state index contributed by atoms with van der Waals surface area (Å²) in [7, 11) is 0. The number of furan rings is 1. The first kappa shape index (κ1) is 17.0. The fourth-order valence-corrected chi connectivity index (χ4v) is 2.91. The summed E-state index contributed by atoms with van der Waals surface area (Å²) < 4.78 is 6.65. The highest BCUT2D eigenvalue weighted by atomic mass is 79.9. The van der Waals surface area contributed by atoms with E-state index in [1.54, 1.807) is 48.5 Å². The van der Waals surface area contributed by atoms with E-state index in [4.69, 9.17) is 27.6 Å². The molecular weight excluding hydrogens is 411 g/mol. The van der Waals surface area contributed by atoms with E-state index in [0.717, 1.165) is 10.0 Å². The molecule has 0 N–H and O–H groups in total. The molecule has 0 amide bonds. The van der Waals surface area contributed by atoms with E-state index in [2.05, 4.69) is 15.9 Å². The van der Waals surface area contributed by atoms with Crippen LogP contribution < -0.4 is 0 Å². The first-order chi connectivity index (χ1) is 11.5. The fourth-order valence-electron chi connectivity index (χ4n) is 2.14. The predicted octanol–water partition coefficient (Wildman–Crippen LogP) is 6.91. The molecule has 5 heteroatoms. The molecule has 0 atom stereocenters. The average Bonchev–Trinajstić information content (AvgIpc) is 3.02. The maximum absolute atomic E-state index is 12.1. The molecule has 2 aromatic carbocycles. The SMILES string of the molecule is O=C(C=Cc1ccc(-c2ccc(Cl)cc2Cl)o1)c1ccc(Br)cc1. The van der Waals surface area contributed by atoms with Crippen molar-refractivity contribution in [2.45, 2.75) is 0 Å². The molecule has 3 rings (SSSR count). The van der Waals surface area contributed by atoms with Crippen LogP contribution in [0.2, 0.25) is 10.0 Å². The molecule has 0 radical (unpaired) electrons. The van der Waals surface area contributed by atoms with E-state index in [0.29, 0.717) is 27.1 Å². The maximum Gasteiger partial charge on any atom is 0.185 e. The van der Waals surface area contributed by atoms with Gasteiger partial charge in [-0.2, -0.15) is 0 Å². The molecule has 1 aromatic heterocycles. The van der Waals surface area contributed by atoms with E-state index in [1.807, 2.05) is 12.1 Å². The lowest BCUT2D eigenvalue weighted by Crippen LogP contribution is -1.92. The second kappa shape index (κ2) is 7.39. The number of allylic oxidation sites excluding steroid dienone is 1. The third-order valence-electron chi connectivity index (χ3n) is 3.35. The molecule has 0 unspecified atom stereocenters. The minimum atomic E-state index is -0.0926. The molecule has 0 aliphatic heterocycles. The Labute approximate surface area is 157 Å². The zero-order valence-electron chi connectivity index (χ0n) is 12.3. The number of benzene rings is 2. The van der Waals surface area contributed by atoms with Gasteiger partial charge in [-0.25, -0.2) is 0 Å². The first-order valence-electron chi connectivity index (χ1n) is 7.06. The van der Waals surface area contributed by atoms with E-state index >= 15 is 0 Å². The highest BCUT2D eigenvalue weighted by molar-refractivity contribution is 9.10. The molecule has 0 fully saturated rings. The lowest BCUT2D eigenvalue weighted by Gasteiger charge is -2.00. The molecule has 0 spiro atoms. The van der Waals surface area contributed by atoms with Crippen LogP contribution in [0.3, 0.4) is 0 Å². The molecule has 0 saturated heterocycles. The third-order valence-corrected chi connectivity index (χ3v) is 4.43. The van der Waals surface area contributed by atoms with Gasteiger partial charge in [0.05, 0.1) is 5.02 Å². The van der Waals surface area contributed by atoms with E-state index in [-0.39, 0.29) is 5.78 Å². The Morgan fingerprint density at radius 3 is 2.46 bits per heavy atom. The van der Waals surface area contributed by atoms with Crippen molar-refractivity contribution in [2.24, 2.45) is 0 Å². The number of halogens is 3. The van der Waals surface area contributed by atoms with Crippen molar-refractivity contribution < 1.29 is 9.21 Å². The Morgan fingerprint density at radius 2 is 1.75 bits per heavy atom. The second-order valence-corrected chi connectivity index (χ2v) is 6.79. The normalized spacial score (nSPS) is 11.1. The van der Waals surface area contributed by atoms with Crippen molar-refractivity contribution in [1.29, 1.82) is 0 Å². The molecule has 3 aromatic rings. The third kappa shape index (κ3) is 3.99. The molecular formula is C19H11BrCl2O2. The van der Waals surface area contributed by atoms with Crippen molar-refractivity contribution in [3.05, 3.63) is 86.5 Å². The molecule has 0 aliphatic rings. The summed E-state index contributed by atoms with van der Waals surface area (Å²) in [6.45, 7) is 0. The van der Waals surface area contributed by atoms with Crippen molar-refractivity contribution in [2.75, 3.05) is 0 Å². The van der Waals surface area contributed by atoms with Crippen LogP contribution in [0.4, 0.5) is 0 Å². The monoisotopic (exact) mass is 420 g/mol. The van der Waals surface area contributed by atoms with Crippen LogP contribution in [0.5, 0.6) is 0 Å². The lowest BCUT2D eigenvalue weighted by atomic mass is 10.1. The van der Waals surface area contributed by atoms with Gasteiger partial charge in [0.2, 0.25) is 0 Å². The zero-order chi connectivity index (χ0) is 17.1. The summed E-state index contributed by atoms with van der Waals surface area (Å²) >= 11 is 15.4. The van der Waals surface area contributed by atoms with Crippen LogP contribution in [0.25, 0.3) is 17.4 Å². The number of ketones is 1. The summed E-state index contributed by atoms with van der Waals surface area (Å²) in [6, 6.07) is 16.0. The van der Waals surface area contributed by atoms with Crippen LogP contribution in [0, 0.1) is 0 Å². The average molecular weight is 422 g/mol. The fraction of sp³-hybridized carbons (Fsp3) is 0. The van der Waals surface area contributed by atoms with E-state index < -0.39 is 0 Å². The number of hydrogen-bond donors (Lipinski definition) is 0. The highest BCUT2D eigenvalue weighted by Crippen LogP contribution is 2.31. The van der Waals surface area contributed by atoms with Gasteiger partial charge < -0.3 is 4.42 Å². The summed E-state index contributed by atoms with van der Waals surface area (Å²) in [5, 5.41) is 1.08. The van der Waals surface area contributed by atoms with Gasteiger partial charge in [0.25, 0.3) is 0 Å². The van der Waals surface area contributed by atoms with Crippen LogP contribution in [0.1, 0.15) is 16.1 Å². The Hall–Kier alpha value is -1.81. The Morgan fingerprint density at radius 1 is 1.00 bits per heavy atom. The minimum Gasteiger partial charge on any atom is -0.457 e. The predicted molar refractivity (Wildman–Crippen MR) is 102 cm³/mol. The quantitative estimate of drug-likeness (QED) is 0.338. The van der Waals surface area contributed by atoms with Gasteiger partial charge >= 0.3 is 0 Å². The second-order valence-electron chi connectivity index (χ2n) is 5.03. The Bertz CT molecular complexity index is 911. The molecule has 24 heavy (non-hydrogen) atoms. The maximum atomic E-state index is 12.1. The summed E-state index contributed by atoms with van der Waals surface area (Å²) in [4.78, 5) is 12.1. The number of hydrogen-bond acceptors (Lipinski definition) is 2. The van der Waals surface area contributed by atoms with Gasteiger partial charge in [0.1, 0.15) is 11.5 Å². The molecule has 0 bridgehead atoms. The number of carbonyl (C=O) groups excluding carboxylic acids is 1. The smallest absolute Gasteiger partial charge is 0.185 e. The van der Waals surface area contributed by atoms with Crippen molar-refractivity contribution in [3.8, 4) is 11.3 Å². The molecule has 2 nitrogen and oxygen atoms in total.